The van der Waals surface area contributed by atoms with E-state index >= 15 is 0 Å². The first kappa shape index (κ1) is 19.6. The van der Waals surface area contributed by atoms with Crippen LogP contribution in [0.3, 0.4) is 0 Å². The molecule has 0 aromatic heterocycles. The Morgan fingerprint density at radius 3 is 1.75 bits per heavy atom. The highest BCUT2D eigenvalue weighted by atomic mass is 16.1. The maximum Gasteiger partial charge on any atom is 0.155 e. The molecule has 0 amide bonds. The SMILES string of the molecule is CC(C)(C)CCCCC(NC(C)(C)C)C(=O)C(C)(C)C. The molecule has 2 heteroatoms. The average molecular weight is 284 g/mol. The summed E-state index contributed by atoms with van der Waals surface area (Å²) < 4.78 is 0. The first-order chi connectivity index (χ1) is 8.72. The van der Waals surface area contributed by atoms with Crippen molar-refractivity contribution in [1.82, 2.24) is 5.32 Å². The van der Waals surface area contributed by atoms with Crippen molar-refractivity contribution in [3.05, 3.63) is 0 Å². The summed E-state index contributed by atoms with van der Waals surface area (Å²) in [7, 11) is 0. The summed E-state index contributed by atoms with van der Waals surface area (Å²) in [6.07, 6.45) is 4.48. The zero-order chi connectivity index (χ0) is 16.2. The molecule has 1 N–H and O–H groups in total. The van der Waals surface area contributed by atoms with Crippen LogP contribution < -0.4 is 5.32 Å². The van der Waals surface area contributed by atoms with Gasteiger partial charge < -0.3 is 5.32 Å². The van der Waals surface area contributed by atoms with Gasteiger partial charge in [0.25, 0.3) is 0 Å². The van der Waals surface area contributed by atoms with E-state index in [0.29, 0.717) is 11.2 Å². The van der Waals surface area contributed by atoms with Gasteiger partial charge in [-0.15, -0.1) is 0 Å². The second-order valence-corrected chi connectivity index (χ2v) is 9.37. The van der Waals surface area contributed by atoms with Crippen LogP contribution in [0.1, 0.15) is 88.0 Å². The van der Waals surface area contributed by atoms with Crippen LogP contribution in [0.4, 0.5) is 0 Å². The van der Waals surface area contributed by atoms with Gasteiger partial charge in [0, 0.05) is 11.0 Å². The highest BCUT2D eigenvalue weighted by Crippen LogP contribution is 2.24. The lowest BCUT2D eigenvalue weighted by Crippen LogP contribution is -2.50. The molecule has 0 fully saturated rings. The Morgan fingerprint density at radius 1 is 0.900 bits per heavy atom. The Labute approximate surface area is 127 Å². The maximum atomic E-state index is 12.6. The van der Waals surface area contributed by atoms with E-state index in [1.807, 2.05) is 20.8 Å². The molecule has 0 aliphatic rings. The van der Waals surface area contributed by atoms with E-state index in [9.17, 15) is 4.79 Å². The van der Waals surface area contributed by atoms with E-state index < -0.39 is 0 Å². The third kappa shape index (κ3) is 9.52. The highest BCUT2D eigenvalue weighted by molar-refractivity contribution is 5.88. The van der Waals surface area contributed by atoms with Crippen LogP contribution in [0.5, 0.6) is 0 Å². The van der Waals surface area contributed by atoms with Crippen LogP contribution in [0, 0.1) is 10.8 Å². The molecule has 0 spiro atoms. The van der Waals surface area contributed by atoms with Crippen LogP contribution in [0.15, 0.2) is 0 Å². The predicted molar refractivity (Wildman–Crippen MR) is 89.1 cm³/mol. The number of unbranched alkanes of at least 4 members (excludes halogenated alkanes) is 1. The van der Waals surface area contributed by atoms with Crippen molar-refractivity contribution < 1.29 is 4.79 Å². The van der Waals surface area contributed by atoms with E-state index in [-0.39, 0.29) is 17.0 Å². The molecule has 0 aliphatic heterocycles. The fraction of sp³-hybridized carbons (Fsp3) is 0.944. The second-order valence-electron chi connectivity index (χ2n) is 9.37. The van der Waals surface area contributed by atoms with Gasteiger partial charge in [-0.2, -0.15) is 0 Å². The first-order valence-corrected chi connectivity index (χ1v) is 8.04. The van der Waals surface area contributed by atoms with Crippen molar-refractivity contribution in [2.45, 2.75) is 99.6 Å². The van der Waals surface area contributed by atoms with Crippen molar-refractivity contribution in [2.75, 3.05) is 0 Å². The van der Waals surface area contributed by atoms with E-state index in [1.54, 1.807) is 0 Å². The van der Waals surface area contributed by atoms with Gasteiger partial charge in [0.05, 0.1) is 6.04 Å². The van der Waals surface area contributed by atoms with Crippen molar-refractivity contribution in [3.63, 3.8) is 0 Å². The molecule has 0 aromatic rings. The zero-order valence-electron chi connectivity index (χ0n) is 15.3. The van der Waals surface area contributed by atoms with Crippen molar-refractivity contribution >= 4 is 5.78 Å². The molecule has 120 valence electrons. The van der Waals surface area contributed by atoms with Crippen LogP contribution in [0.2, 0.25) is 0 Å². The Kier molecular flexibility index (Phi) is 6.93. The zero-order valence-corrected chi connectivity index (χ0v) is 15.3. The Bertz CT molecular complexity index is 299. The average Bonchev–Trinajstić information content (AvgIpc) is 2.17. The lowest BCUT2D eigenvalue weighted by atomic mass is 9.83. The van der Waals surface area contributed by atoms with Gasteiger partial charge in [-0.3, -0.25) is 4.79 Å². The van der Waals surface area contributed by atoms with Gasteiger partial charge >= 0.3 is 0 Å². The summed E-state index contributed by atoms with van der Waals surface area (Å²) in [5, 5.41) is 3.51. The molecule has 1 atom stereocenters. The number of carbonyl (C=O) groups excluding carboxylic acids is 1. The standard InChI is InChI=1S/C18H37NO/c1-16(2,3)13-11-10-12-14(19-18(7,8)9)15(20)17(4,5)6/h14,19H,10-13H2,1-9H3. The predicted octanol–water partition coefficient (Wildman–Crippen LogP) is 4.96. The third-order valence-corrected chi connectivity index (χ3v) is 3.33. The lowest BCUT2D eigenvalue weighted by Gasteiger charge is -2.32. The summed E-state index contributed by atoms with van der Waals surface area (Å²) in [5.41, 5.74) is 0.101. The molecule has 0 rings (SSSR count). The van der Waals surface area contributed by atoms with E-state index in [4.69, 9.17) is 0 Å². The fourth-order valence-electron chi connectivity index (χ4n) is 2.32. The minimum Gasteiger partial charge on any atom is -0.303 e. The number of hydrogen-bond donors (Lipinski definition) is 1. The smallest absolute Gasteiger partial charge is 0.155 e. The molecule has 0 bridgehead atoms. The minimum absolute atomic E-state index is 0.0183. The molecule has 0 radical (unpaired) electrons. The molecular formula is C18H37NO. The van der Waals surface area contributed by atoms with Gasteiger partial charge in [0.2, 0.25) is 0 Å². The molecule has 0 saturated carbocycles. The van der Waals surface area contributed by atoms with Crippen LogP contribution in [0.25, 0.3) is 0 Å². The van der Waals surface area contributed by atoms with Gasteiger partial charge in [-0.05, 0) is 39.0 Å². The fourth-order valence-corrected chi connectivity index (χ4v) is 2.32. The van der Waals surface area contributed by atoms with Gasteiger partial charge in [-0.1, -0.05) is 54.4 Å². The normalized spacial score (nSPS) is 15.2. The monoisotopic (exact) mass is 283 g/mol. The van der Waals surface area contributed by atoms with Gasteiger partial charge in [0.1, 0.15) is 0 Å². The second kappa shape index (κ2) is 7.06. The quantitative estimate of drug-likeness (QED) is 0.698. The van der Waals surface area contributed by atoms with Crippen molar-refractivity contribution in [2.24, 2.45) is 10.8 Å². The molecule has 20 heavy (non-hydrogen) atoms. The third-order valence-electron chi connectivity index (χ3n) is 3.33. The Balaban J connectivity index is 4.53. The summed E-state index contributed by atoms with van der Waals surface area (Å²) in [5.74, 6) is 0.336. The molecule has 1 unspecified atom stereocenters. The first-order valence-electron chi connectivity index (χ1n) is 8.04. The topological polar surface area (TPSA) is 29.1 Å². The molecule has 0 saturated heterocycles. The van der Waals surface area contributed by atoms with Gasteiger partial charge in [-0.25, -0.2) is 0 Å². The molecule has 0 aromatic carbocycles. The van der Waals surface area contributed by atoms with E-state index in [1.165, 1.54) is 12.8 Å². The maximum absolute atomic E-state index is 12.6. The summed E-state index contributed by atoms with van der Waals surface area (Å²) in [6, 6.07) is -0.0185. The van der Waals surface area contributed by atoms with Crippen molar-refractivity contribution in [3.8, 4) is 0 Å². The molecule has 0 aliphatic carbocycles. The van der Waals surface area contributed by atoms with E-state index in [2.05, 4.69) is 46.9 Å². The summed E-state index contributed by atoms with van der Waals surface area (Å²) in [4.78, 5) is 12.6. The minimum atomic E-state index is -0.271. The van der Waals surface area contributed by atoms with Crippen LogP contribution in [-0.4, -0.2) is 17.4 Å². The number of carbonyl (C=O) groups is 1. The van der Waals surface area contributed by atoms with Crippen molar-refractivity contribution in [1.29, 1.82) is 0 Å². The lowest BCUT2D eigenvalue weighted by molar-refractivity contribution is -0.129. The number of nitrogens with one attached hydrogen (secondary N) is 1. The van der Waals surface area contributed by atoms with E-state index in [0.717, 1.165) is 12.8 Å². The number of ketones is 1. The highest BCUT2D eigenvalue weighted by Gasteiger charge is 2.31. The molecular weight excluding hydrogens is 246 g/mol. The summed E-state index contributed by atoms with van der Waals surface area (Å²) >= 11 is 0. The molecule has 0 heterocycles. The Hall–Kier alpha value is -0.370. The number of Topliss-reactive ketones (excluding diaryl/α,β-unsaturated/α-hetero) is 1. The Morgan fingerprint density at radius 2 is 1.40 bits per heavy atom. The summed E-state index contributed by atoms with van der Waals surface area (Å²) in [6.45, 7) is 19.3. The largest absolute Gasteiger partial charge is 0.303 e. The van der Waals surface area contributed by atoms with Crippen LogP contribution >= 0.6 is 0 Å². The number of rotatable bonds is 6. The molecule has 2 nitrogen and oxygen atoms in total. The van der Waals surface area contributed by atoms with Gasteiger partial charge in [0.15, 0.2) is 5.78 Å². The number of hydrogen-bond acceptors (Lipinski definition) is 2. The van der Waals surface area contributed by atoms with Crippen LogP contribution in [-0.2, 0) is 4.79 Å².